The van der Waals surface area contributed by atoms with Crippen LogP contribution in [0.5, 0.6) is 11.5 Å². The van der Waals surface area contributed by atoms with E-state index in [9.17, 15) is 13.2 Å². The molecule has 27 heavy (non-hydrogen) atoms. The zero-order chi connectivity index (χ0) is 20.2. The van der Waals surface area contributed by atoms with Crippen LogP contribution in [0.1, 0.15) is 15.9 Å². The van der Waals surface area contributed by atoms with Crippen molar-refractivity contribution in [3.63, 3.8) is 0 Å². The molecule has 0 atom stereocenters. The van der Waals surface area contributed by atoms with Gasteiger partial charge in [-0.1, -0.05) is 29.8 Å². The molecule has 2 rings (SSSR count). The second-order valence-electron chi connectivity index (χ2n) is 5.77. The average Bonchev–Trinajstić information content (AvgIpc) is 2.65. The van der Waals surface area contributed by atoms with Gasteiger partial charge in [0.15, 0.2) is 11.5 Å². The SMILES string of the molecule is COc1cc(C(=O)NCc2ccccc2S(=O)(=O)N(C)C)cc(Cl)c1OC. The van der Waals surface area contributed by atoms with Crippen molar-refractivity contribution in [3.8, 4) is 11.5 Å². The van der Waals surface area contributed by atoms with E-state index in [1.807, 2.05) is 0 Å². The Hall–Kier alpha value is -2.29. The van der Waals surface area contributed by atoms with Crippen LogP contribution in [0.15, 0.2) is 41.3 Å². The Morgan fingerprint density at radius 1 is 1.15 bits per heavy atom. The van der Waals surface area contributed by atoms with E-state index >= 15 is 0 Å². The Morgan fingerprint density at radius 3 is 2.41 bits per heavy atom. The number of carbonyl (C=O) groups is 1. The largest absolute Gasteiger partial charge is 0.493 e. The molecule has 9 heteroatoms. The predicted molar refractivity (Wildman–Crippen MR) is 103 cm³/mol. The van der Waals surface area contributed by atoms with Crippen molar-refractivity contribution in [1.29, 1.82) is 0 Å². The number of rotatable bonds is 7. The number of amides is 1. The molecule has 2 aromatic rings. The fraction of sp³-hybridized carbons (Fsp3) is 0.278. The highest BCUT2D eigenvalue weighted by atomic mass is 35.5. The molecule has 0 fully saturated rings. The summed E-state index contributed by atoms with van der Waals surface area (Å²) in [5.74, 6) is 0.235. The van der Waals surface area contributed by atoms with Crippen LogP contribution in [-0.4, -0.2) is 46.9 Å². The van der Waals surface area contributed by atoms with Crippen LogP contribution in [0.4, 0.5) is 0 Å². The Morgan fingerprint density at radius 2 is 1.81 bits per heavy atom. The smallest absolute Gasteiger partial charge is 0.251 e. The summed E-state index contributed by atoms with van der Waals surface area (Å²) in [5, 5.41) is 2.94. The molecule has 0 heterocycles. The minimum absolute atomic E-state index is 0.0358. The molecular weight excluding hydrogens is 392 g/mol. The van der Waals surface area contributed by atoms with Gasteiger partial charge in [-0.3, -0.25) is 4.79 Å². The molecule has 0 unspecified atom stereocenters. The maximum Gasteiger partial charge on any atom is 0.251 e. The standard InChI is InChI=1S/C18H21ClN2O5S/c1-21(2)27(23,24)16-8-6-5-7-12(16)11-20-18(22)13-9-14(19)17(26-4)15(10-13)25-3/h5-10H,11H2,1-4H3,(H,20,22). The maximum atomic E-state index is 12.5. The number of hydrogen-bond acceptors (Lipinski definition) is 5. The molecule has 1 N–H and O–H groups in total. The first-order valence-corrected chi connectivity index (χ1v) is 9.74. The molecule has 0 aliphatic heterocycles. The van der Waals surface area contributed by atoms with E-state index in [0.717, 1.165) is 4.31 Å². The summed E-state index contributed by atoms with van der Waals surface area (Å²) in [6, 6.07) is 9.46. The van der Waals surface area contributed by atoms with Gasteiger partial charge in [0, 0.05) is 26.2 Å². The number of nitrogens with one attached hydrogen (secondary N) is 1. The number of nitrogens with zero attached hydrogens (tertiary/aromatic N) is 1. The average molecular weight is 413 g/mol. The molecule has 0 bridgehead atoms. The van der Waals surface area contributed by atoms with E-state index in [-0.39, 0.29) is 22.0 Å². The second kappa shape index (κ2) is 8.60. The third-order valence-electron chi connectivity index (χ3n) is 3.87. The van der Waals surface area contributed by atoms with Gasteiger partial charge in [-0.15, -0.1) is 0 Å². The van der Waals surface area contributed by atoms with E-state index in [1.165, 1.54) is 46.5 Å². The predicted octanol–water partition coefficient (Wildman–Crippen LogP) is 2.54. The topological polar surface area (TPSA) is 84.9 Å². The van der Waals surface area contributed by atoms with Gasteiger partial charge in [0.05, 0.1) is 24.1 Å². The first-order chi connectivity index (χ1) is 12.7. The fourth-order valence-electron chi connectivity index (χ4n) is 2.42. The van der Waals surface area contributed by atoms with Crippen LogP contribution in [-0.2, 0) is 16.6 Å². The molecule has 0 aromatic heterocycles. The van der Waals surface area contributed by atoms with Crippen LogP contribution in [0.25, 0.3) is 0 Å². The highest BCUT2D eigenvalue weighted by molar-refractivity contribution is 7.89. The lowest BCUT2D eigenvalue weighted by Crippen LogP contribution is -2.27. The third-order valence-corrected chi connectivity index (χ3v) is 6.06. The first-order valence-electron chi connectivity index (χ1n) is 7.92. The summed E-state index contributed by atoms with van der Waals surface area (Å²) in [6.07, 6.45) is 0. The van der Waals surface area contributed by atoms with Gasteiger partial charge in [0.2, 0.25) is 10.0 Å². The van der Waals surface area contributed by atoms with E-state index in [0.29, 0.717) is 17.1 Å². The Bertz CT molecular complexity index is 945. The van der Waals surface area contributed by atoms with Crippen LogP contribution in [0.3, 0.4) is 0 Å². The number of methoxy groups -OCH3 is 2. The molecule has 0 radical (unpaired) electrons. The molecule has 146 valence electrons. The summed E-state index contributed by atoms with van der Waals surface area (Å²) in [6.45, 7) is 0.0358. The molecule has 0 aliphatic carbocycles. The Kier molecular flexibility index (Phi) is 6.69. The monoisotopic (exact) mass is 412 g/mol. The molecule has 2 aromatic carbocycles. The number of ether oxygens (including phenoxy) is 2. The number of hydrogen-bond donors (Lipinski definition) is 1. The highest BCUT2D eigenvalue weighted by Gasteiger charge is 2.21. The Labute approximate surface area is 163 Å². The minimum Gasteiger partial charge on any atom is -0.493 e. The molecule has 0 saturated carbocycles. The molecule has 0 spiro atoms. The van der Waals surface area contributed by atoms with Crippen LogP contribution in [0, 0.1) is 0 Å². The lowest BCUT2D eigenvalue weighted by atomic mass is 10.1. The van der Waals surface area contributed by atoms with Crippen molar-refractivity contribution in [2.24, 2.45) is 0 Å². The lowest BCUT2D eigenvalue weighted by molar-refractivity contribution is 0.0950. The summed E-state index contributed by atoms with van der Waals surface area (Å²) in [5.41, 5.74) is 0.747. The molecular formula is C18H21ClN2O5S. The normalized spacial score (nSPS) is 11.3. The van der Waals surface area contributed by atoms with Crippen molar-refractivity contribution in [3.05, 3.63) is 52.5 Å². The van der Waals surface area contributed by atoms with Gasteiger partial charge in [0.25, 0.3) is 5.91 Å². The number of carbonyl (C=O) groups excluding carboxylic acids is 1. The summed E-state index contributed by atoms with van der Waals surface area (Å²) >= 11 is 6.12. The molecule has 0 saturated heterocycles. The van der Waals surface area contributed by atoms with Gasteiger partial charge in [-0.05, 0) is 23.8 Å². The van der Waals surface area contributed by atoms with Gasteiger partial charge < -0.3 is 14.8 Å². The van der Waals surface area contributed by atoms with Crippen LogP contribution < -0.4 is 14.8 Å². The van der Waals surface area contributed by atoms with Crippen molar-refractivity contribution < 1.29 is 22.7 Å². The van der Waals surface area contributed by atoms with E-state index in [1.54, 1.807) is 18.2 Å². The number of halogens is 1. The fourth-order valence-corrected chi connectivity index (χ4v) is 3.83. The lowest BCUT2D eigenvalue weighted by Gasteiger charge is -2.16. The first kappa shape index (κ1) is 21.0. The second-order valence-corrected chi connectivity index (χ2v) is 8.30. The Balaban J connectivity index is 2.26. The van der Waals surface area contributed by atoms with Crippen LogP contribution >= 0.6 is 11.6 Å². The molecule has 0 aliphatic rings. The number of benzene rings is 2. The maximum absolute atomic E-state index is 12.5. The zero-order valence-corrected chi connectivity index (χ0v) is 17.0. The number of sulfonamides is 1. The van der Waals surface area contributed by atoms with E-state index < -0.39 is 15.9 Å². The highest BCUT2D eigenvalue weighted by Crippen LogP contribution is 2.36. The summed E-state index contributed by atoms with van der Waals surface area (Å²) < 4.78 is 36.3. The van der Waals surface area contributed by atoms with Crippen molar-refractivity contribution in [2.45, 2.75) is 11.4 Å². The molecule has 7 nitrogen and oxygen atoms in total. The summed E-state index contributed by atoms with van der Waals surface area (Å²) in [7, 11) is 2.18. The van der Waals surface area contributed by atoms with Crippen molar-refractivity contribution >= 4 is 27.5 Å². The third kappa shape index (κ3) is 4.52. The summed E-state index contributed by atoms with van der Waals surface area (Å²) in [4.78, 5) is 12.6. The van der Waals surface area contributed by atoms with Gasteiger partial charge in [0.1, 0.15) is 0 Å². The van der Waals surface area contributed by atoms with Gasteiger partial charge in [-0.25, -0.2) is 12.7 Å². The molecule has 1 amide bonds. The zero-order valence-electron chi connectivity index (χ0n) is 15.4. The van der Waals surface area contributed by atoms with Crippen LogP contribution in [0.2, 0.25) is 5.02 Å². The van der Waals surface area contributed by atoms with Gasteiger partial charge >= 0.3 is 0 Å². The van der Waals surface area contributed by atoms with Gasteiger partial charge in [-0.2, -0.15) is 0 Å². The quantitative estimate of drug-likeness (QED) is 0.755. The van der Waals surface area contributed by atoms with E-state index in [2.05, 4.69) is 5.32 Å². The van der Waals surface area contributed by atoms with Crippen molar-refractivity contribution in [2.75, 3.05) is 28.3 Å². The minimum atomic E-state index is -3.62. The van der Waals surface area contributed by atoms with Crippen molar-refractivity contribution in [1.82, 2.24) is 9.62 Å². The van der Waals surface area contributed by atoms with E-state index in [4.69, 9.17) is 21.1 Å².